The van der Waals surface area contributed by atoms with Crippen molar-refractivity contribution in [3.8, 4) is 6.07 Å². The first-order valence-electron chi connectivity index (χ1n) is 6.38. The number of nitrogens with one attached hydrogen (secondary N) is 1. The van der Waals surface area contributed by atoms with Gasteiger partial charge in [-0.15, -0.1) is 0 Å². The van der Waals surface area contributed by atoms with Crippen LogP contribution in [0.2, 0.25) is 0 Å². The number of nitrogens with zero attached hydrogens (tertiary/aromatic N) is 1. The molecule has 5 heteroatoms. The summed E-state index contributed by atoms with van der Waals surface area (Å²) in [6.07, 6.45) is 1.79. The van der Waals surface area contributed by atoms with E-state index < -0.39 is 11.9 Å². The maximum absolute atomic E-state index is 12.9. The van der Waals surface area contributed by atoms with Gasteiger partial charge in [0.2, 0.25) is 0 Å². The first-order valence-corrected chi connectivity index (χ1v) is 6.38. The highest BCUT2D eigenvalue weighted by Crippen LogP contribution is 2.28. The number of halogens is 1. The SMILES string of the molecule is N#Cc1cc(F)ccc1NCC(O)COCC1CC1. The van der Waals surface area contributed by atoms with Gasteiger partial charge in [0.1, 0.15) is 11.9 Å². The third-order valence-corrected chi connectivity index (χ3v) is 2.99. The lowest BCUT2D eigenvalue weighted by molar-refractivity contribution is 0.0386. The van der Waals surface area contributed by atoms with E-state index in [9.17, 15) is 9.50 Å². The highest BCUT2D eigenvalue weighted by Gasteiger charge is 2.21. The molecule has 1 aliphatic carbocycles. The van der Waals surface area contributed by atoms with Crippen LogP contribution in [0.4, 0.5) is 10.1 Å². The second-order valence-corrected chi connectivity index (χ2v) is 4.82. The number of nitriles is 1. The third-order valence-electron chi connectivity index (χ3n) is 2.99. The predicted molar refractivity (Wildman–Crippen MR) is 69.2 cm³/mol. The van der Waals surface area contributed by atoms with Gasteiger partial charge in [-0.1, -0.05) is 0 Å². The number of aliphatic hydroxyl groups excluding tert-OH is 1. The van der Waals surface area contributed by atoms with Gasteiger partial charge in [0.15, 0.2) is 0 Å². The van der Waals surface area contributed by atoms with Crippen molar-refractivity contribution in [2.45, 2.75) is 18.9 Å². The van der Waals surface area contributed by atoms with Crippen molar-refractivity contribution in [3.05, 3.63) is 29.6 Å². The molecule has 0 radical (unpaired) electrons. The summed E-state index contributed by atoms with van der Waals surface area (Å²) in [4.78, 5) is 0. The number of benzene rings is 1. The minimum Gasteiger partial charge on any atom is -0.389 e. The van der Waals surface area contributed by atoms with Gasteiger partial charge in [0.25, 0.3) is 0 Å². The highest BCUT2D eigenvalue weighted by molar-refractivity contribution is 5.57. The molecule has 1 aromatic rings. The molecule has 2 rings (SSSR count). The van der Waals surface area contributed by atoms with E-state index in [1.807, 2.05) is 6.07 Å². The van der Waals surface area contributed by atoms with Crippen LogP contribution < -0.4 is 5.32 Å². The Balaban J connectivity index is 1.75. The fraction of sp³-hybridized carbons (Fsp3) is 0.500. The lowest BCUT2D eigenvalue weighted by Crippen LogP contribution is -2.25. The van der Waals surface area contributed by atoms with E-state index in [-0.39, 0.29) is 18.7 Å². The zero-order valence-electron chi connectivity index (χ0n) is 10.6. The molecule has 1 unspecified atom stereocenters. The fourth-order valence-electron chi connectivity index (χ4n) is 1.71. The zero-order valence-corrected chi connectivity index (χ0v) is 10.6. The molecule has 0 amide bonds. The van der Waals surface area contributed by atoms with Crippen molar-refractivity contribution in [3.63, 3.8) is 0 Å². The average Bonchev–Trinajstić information content (AvgIpc) is 3.21. The monoisotopic (exact) mass is 264 g/mol. The standard InChI is InChI=1S/C14H17FN2O2/c15-12-3-4-14(11(5-12)6-16)17-7-13(18)9-19-8-10-1-2-10/h3-5,10,13,17-18H,1-2,7-9H2. The minimum absolute atomic E-state index is 0.228. The molecular weight excluding hydrogens is 247 g/mol. The summed E-state index contributed by atoms with van der Waals surface area (Å²) in [6, 6.07) is 5.84. The van der Waals surface area contributed by atoms with Crippen molar-refractivity contribution in [1.29, 1.82) is 5.26 Å². The maximum Gasteiger partial charge on any atom is 0.124 e. The molecule has 0 spiro atoms. The Morgan fingerprint density at radius 2 is 2.32 bits per heavy atom. The van der Waals surface area contributed by atoms with Crippen molar-refractivity contribution in [2.24, 2.45) is 5.92 Å². The van der Waals surface area contributed by atoms with E-state index >= 15 is 0 Å². The molecule has 1 fully saturated rings. The Morgan fingerprint density at radius 3 is 3.00 bits per heavy atom. The lowest BCUT2D eigenvalue weighted by Gasteiger charge is -2.14. The number of anilines is 1. The molecule has 19 heavy (non-hydrogen) atoms. The van der Waals surface area contributed by atoms with Crippen molar-refractivity contribution in [2.75, 3.05) is 25.1 Å². The van der Waals surface area contributed by atoms with Crippen LogP contribution in [0.3, 0.4) is 0 Å². The lowest BCUT2D eigenvalue weighted by atomic mass is 10.2. The summed E-state index contributed by atoms with van der Waals surface area (Å²) >= 11 is 0. The van der Waals surface area contributed by atoms with Crippen LogP contribution in [0.25, 0.3) is 0 Å². The van der Waals surface area contributed by atoms with E-state index in [0.717, 1.165) is 6.07 Å². The van der Waals surface area contributed by atoms with Crippen LogP contribution in [0.15, 0.2) is 18.2 Å². The largest absolute Gasteiger partial charge is 0.389 e. The van der Waals surface area contributed by atoms with Crippen LogP contribution in [0, 0.1) is 23.1 Å². The van der Waals surface area contributed by atoms with E-state index in [1.165, 1.54) is 25.0 Å². The number of hydrogen-bond donors (Lipinski definition) is 2. The fourth-order valence-corrected chi connectivity index (χ4v) is 1.71. The predicted octanol–water partition coefficient (Wildman–Crippen LogP) is 1.90. The van der Waals surface area contributed by atoms with Crippen molar-refractivity contribution < 1.29 is 14.2 Å². The third kappa shape index (κ3) is 4.51. The Labute approximate surface area is 111 Å². The average molecular weight is 264 g/mol. The van der Waals surface area contributed by atoms with Gasteiger partial charge in [0, 0.05) is 13.2 Å². The van der Waals surface area contributed by atoms with Gasteiger partial charge in [-0.2, -0.15) is 5.26 Å². The molecule has 102 valence electrons. The summed E-state index contributed by atoms with van der Waals surface area (Å²) in [7, 11) is 0. The van der Waals surface area contributed by atoms with Crippen LogP contribution in [0.1, 0.15) is 18.4 Å². The molecule has 4 nitrogen and oxygen atoms in total. The summed E-state index contributed by atoms with van der Waals surface area (Å²) in [5.41, 5.74) is 0.747. The second kappa shape index (κ2) is 6.50. The van der Waals surface area contributed by atoms with Gasteiger partial charge in [0.05, 0.1) is 24.0 Å². The molecule has 1 aliphatic rings. The Hall–Kier alpha value is -1.64. The van der Waals surface area contributed by atoms with Gasteiger partial charge < -0.3 is 15.2 Å². The summed E-state index contributed by atoms with van der Waals surface area (Å²) in [6.45, 7) is 1.24. The van der Waals surface area contributed by atoms with E-state index in [2.05, 4.69) is 5.32 Å². The molecule has 0 aliphatic heterocycles. The number of aliphatic hydroxyl groups is 1. The molecule has 0 heterocycles. The summed E-state index contributed by atoms with van der Waals surface area (Å²) in [5, 5.41) is 21.5. The molecule has 0 aromatic heterocycles. The van der Waals surface area contributed by atoms with Gasteiger partial charge >= 0.3 is 0 Å². The highest BCUT2D eigenvalue weighted by atomic mass is 19.1. The minimum atomic E-state index is -0.643. The normalized spacial score (nSPS) is 15.8. The van der Waals surface area contributed by atoms with Crippen LogP contribution in [-0.2, 0) is 4.74 Å². The summed E-state index contributed by atoms with van der Waals surface area (Å²) < 4.78 is 18.3. The van der Waals surface area contributed by atoms with Gasteiger partial charge in [-0.05, 0) is 37.0 Å². The zero-order chi connectivity index (χ0) is 13.7. The maximum atomic E-state index is 12.9. The molecule has 0 saturated heterocycles. The first-order chi connectivity index (χ1) is 9.19. The first kappa shape index (κ1) is 13.8. The Morgan fingerprint density at radius 1 is 1.53 bits per heavy atom. The van der Waals surface area contributed by atoms with Crippen molar-refractivity contribution >= 4 is 5.69 Å². The van der Waals surface area contributed by atoms with Gasteiger partial charge in [-0.25, -0.2) is 4.39 Å². The van der Waals surface area contributed by atoms with Gasteiger partial charge in [-0.3, -0.25) is 0 Å². The number of rotatable bonds is 7. The van der Waals surface area contributed by atoms with E-state index in [1.54, 1.807) is 0 Å². The van der Waals surface area contributed by atoms with Crippen LogP contribution in [-0.4, -0.2) is 31.0 Å². The van der Waals surface area contributed by atoms with Crippen LogP contribution in [0.5, 0.6) is 0 Å². The molecule has 1 aromatic carbocycles. The van der Waals surface area contributed by atoms with Crippen molar-refractivity contribution in [1.82, 2.24) is 0 Å². The molecule has 0 bridgehead atoms. The Kier molecular flexibility index (Phi) is 4.72. The molecule has 1 saturated carbocycles. The second-order valence-electron chi connectivity index (χ2n) is 4.82. The van der Waals surface area contributed by atoms with Crippen LogP contribution >= 0.6 is 0 Å². The quantitative estimate of drug-likeness (QED) is 0.789. The topological polar surface area (TPSA) is 65.3 Å². The Bertz CT molecular complexity index is 469. The smallest absolute Gasteiger partial charge is 0.124 e. The van der Waals surface area contributed by atoms with E-state index in [4.69, 9.17) is 10.00 Å². The molecular formula is C14H17FN2O2. The number of hydrogen-bond acceptors (Lipinski definition) is 4. The molecule has 1 atom stereocenters. The summed E-state index contributed by atoms with van der Waals surface area (Å²) in [5.74, 6) is 0.220. The molecule has 2 N–H and O–H groups in total. The van der Waals surface area contributed by atoms with E-state index in [0.29, 0.717) is 18.2 Å². The number of ether oxygens (including phenoxy) is 1.